The lowest BCUT2D eigenvalue weighted by molar-refractivity contribution is 0.582. The Bertz CT molecular complexity index is 3220. The van der Waals surface area contributed by atoms with Crippen molar-refractivity contribution in [3.63, 3.8) is 0 Å². The Kier molecular flexibility index (Phi) is 7.85. The lowest BCUT2D eigenvalue weighted by Crippen LogP contribution is -2.37. The molecule has 0 spiro atoms. The summed E-state index contributed by atoms with van der Waals surface area (Å²) in [6.45, 7) is 7.04. The van der Waals surface area contributed by atoms with Gasteiger partial charge in [-0.3, -0.25) is 0 Å². The smallest absolute Gasteiger partial charge is 0.128 e. The molecule has 0 atom stereocenters. The summed E-state index contributed by atoms with van der Waals surface area (Å²) < 4.78 is 31.7. The zero-order chi connectivity index (χ0) is 40.0. The van der Waals surface area contributed by atoms with Crippen LogP contribution in [0.2, 0.25) is 19.6 Å². The molecule has 0 bridgehead atoms. The van der Waals surface area contributed by atoms with E-state index in [4.69, 9.17) is 0 Å². The molecule has 1 aliphatic carbocycles. The number of hydrogen-bond acceptors (Lipinski definition) is 1. The first-order chi connectivity index (χ1) is 28.7. The van der Waals surface area contributed by atoms with Crippen molar-refractivity contribution in [3.8, 4) is 5.69 Å². The molecule has 0 N–H and O–H groups in total. The molecule has 5 heteroatoms. The third-order valence-electron chi connectivity index (χ3n) is 12.4. The maximum absolute atomic E-state index is 14.8. The van der Waals surface area contributed by atoms with Gasteiger partial charge in [-0.15, -0.1) is 0 Å². The van der Waals surface area contributed by atoms with E-state index < -0.39 is 25.1 Å². The topological polar surface area (TPSA) is 8.17 Å². The molecule has 0 saturated heterocycles. The lowest BCUT2D eigenvalue weighted by Gasteiger charge is -2.35. The fraction of sp³-hybridized carbons (Fsp3) is 0.0741. The van der Waals surface area contributed by atoms with Crippen molar-refractivity contribution in [3.05, 3.63) is 222 Å². The Hall–Kier alpha value is -6.82. The molecule has 0 aliphatic heterocycles. The first-order valence-electron chi connectivity index (χ1n) is 20.2. The highest BCUT2D eigenvalue weighted by molar-refractivity contribution is 6.88. The minimum atomic E-state index is -1.73. The van der Waals surface area contributed by atoms with E-state index in [0.29, 0.717) is 5.69 Å². The molecule has 9 aromatic carbocycles. The van der Waals surface area contributed by atoms with Crippen LogP contribution in [0.15, 0.2) is 188 Å². The molecule has 0 radical (unpaired) electrons. The Balaban J connectivity index is 1.22. The van der Waals surface area contributed by atoms with Crippen LogP contribution in [0.3, 0.4) is 0 Å². The highest BCUT2D eigenvalue weighted by Crippen LogP contribution is 2.57. The molecule has 2 nitrogen and oxygen atoms in total. The van der Waals surface area contributed by atoms with Crippen molar-refractivity contribution >= 4 is 73.7 Å². The number of benzene rings is 9. The Labute approximate surface area is 343 Å². The molecule has 0 fully saturated rings. The second kappa shape index (κ2) is 13.1. The van der Waals surface area contributed by atoms with Crippen LogP contribution >= 0.6 is 0 Å². The van der Waals surface area contributed by atoms with Crippen LogP contribution in [0.5, 0.6) is 0 Å². The third-order valence-corrected chi connectivity index (χ3v) is 14.5. The summed E-state index contributed by atoms with van der Waals surface area (Å²) in [4.78, 5) is 2.36. The van der Waals surface area contributed by atoms with Gasteiger partial charge in [0.15, 0.2) is 0 Å². The van der Waals surface area contributed by atoms with Crippen LogP contribution in [-0.4, -0.2) is 12.6 Å². The molecule has 284 valence electrons. The minimum absolute atomic E-state index is 0.456. The summed E-state index contributed by atoms with van der Waals surface area (Å²) in [5, 5.41) is 8.38. The number of fused-ring (bicyclic) bond motifs is 3. The van der Waals surface area contributed by atoms with E-state index in [1.807, 2.05) is 4.57 Å². The van der Waals surface area contributed by atoms with Gasteiger partial charge >= 0.3 is 0 Å². The molecule has 11 rings (SSSR count). The molecule has 0 saturated carbocycles. The lowest BCUT2D eigenvalue weighted by atomic mass is 9.67. The van der Waals surface area contributed by atoms with E-state index in [0.717, 1.165) is 44.9 Å². The van der Waals surface area contributed by atoms with Gasteiger partial charge in [-0.1, -0.05) is 146 Å². The average Bonchev–Trinajstić information content (AvgIpc) is 3.74. The first kappa shape index (κ1) is 35.3. The fourth-order valence-electron chi connectivity index (χ4n) is 9.86. The van der Waals surface area contributed by atoms with Crippen molar-refractivity contribution in [1.82, 2.24) is 4.57 Å². The number of hydrogen-bond donors (Lipinski definition) is 0. The molecule has 0 unspecified atom stereocenters. The maximum Gasteiger partial charge on any atom is 0.128 e. The van der Waals surface area contributed by atoms with Crippen LogP contribution in [0.1, 0.15) is 22.3 Å². The normalized spacial score (nSPS) is 13.3. The zero-order valence-corrected chi connectivity index (χ0v) is 34.0. The van der Waals surface area contributed by atoms with Gasteiger partial charge in [0.2, 0.25) is 0 Å². The van der Waals surface area contributed by atoms with Crippen LogP contribution in [-0.2, 0) is 5.41 Å². The quantitative estimate of drug-likeness (QED) is 0.115. The van der Waals surface area contributed by atoms with E-state index >= 15 is 0 Å². The number of rotatable bonds is 7. The molecule has 1 heterocycles. The zero-order valence-electron chi connectivity index (χ0n) is 33.0. The third kappa shape index (κ3) is 5.34. The molecular formula is C54H40F2N2Si. The van der Waals surface area contributed by atoms with E-state index in [9.17, 15) is 8.78 Å². The number of para-hydroxylation sites is 1. The van der Waals surface area contributed by atoms with Gasteiger partial charge in [-0.25, -0.2) is 8.78 Å². The Morgan fingerprint density at radius 2 is 1.05 bits per heavy atom. The second-order valence-electron chi connectivity index (χ2n) is 16.9. The monoisotopic (exact) mass is 782 g/mol. The van der Waals surface area contributed by atoms with Crippen molar-refractivity contribution in [2.45, 2.75) is 25.1 Å². The molecule has 59 heavy (non-hydrogen) atoms. The summed E-state index contributed by atoms with van der Waals surface area (Å²) in [5.41, 5.74) is 9.73. The number of nitrogens with zero attached hydrogens (tertiary/aromatic N) is 2. The van der Waals surface area contributed by atoms with Gasteiger partial charge in [0.25, 0.3) is 0 Å². The largest absolute Gasteiger partial charge is 0.310 e. The number of halogens is 2. The van der Waals surface area contributed by atoms with Gasteiger partial charge < -0.3 is 9.47 Å². The summed E-state index contributed by atoms with van der Waals surface area (Å²) in [5.74, 6) is -1.21. The van der Waals surface area contributed by atoms with E-state index in [2.05, 4.69) is 194 Å². The van der Waals surface area contributed by atoms with Crippen molar-refractivity contribution < 1.29 is 8.78 Å². The van der Waals surface area contributed by atoms with Crippen LogP contribution in [0.4, 0.5) is 25.8 Å². The standard InChI is InChI=1S/C54H40F2N2Si/c1-59(2,3)45-25-27-51-47(34-45)46-32-42(24-26-50(46)58(51)44-30-39(55)29-40(56)31-44)57(41-19-11-6-12-20-41)43-28-36-23-22-35-14-13-21-48-52(35)53(36)49(33-43)54(48,37-15-7-4-8-16-37)38-17-9-5-10-18-38/h4-34H,1-3H3. The van der Waals surface area contributed by atoms with Gasteiger partial charge in [0, 0.05) is 33.9 Å². The van der Waals surface area contributed by atoms with Crippen molar-refractivity contribution in [2.75, 3.05) is 4.90 Å². The number of anilines is 3. The predicted octanol–water partition coefficient (Wildman–Crippen LogP) is 14.1. The maximum atomic E-state index is 14.8. The molecule has 1 aromatic heterocycles. The highest BCUT2D eigenvalue weighted by Gasteiger charge is 2.45. The van der Waals surface area contributed by atoms with Gasteiger partial charge in [0.1, 0.15) is 11.6 Å². The minimum Gasteiger partial charge on any atom is -0.310 e. The van der Waals surface area contributed by atoms with Gasteiger partial charge in [-0.2, -0.15) is 0 Å². The SMILES string of the molecule is C[Si](C)(C)c1ccc2c(c1)c1cc(N(c3ccccc3)c3cc4c5c(ccc6cccc(c65)C4(c4ccccc4)c4ccccc4)c3)ccc1n2-c1cc(F)cc(F)c1. The van der Waals surface area contributed by atoms with E-state index in [1.54, 1.807) is 0 Å². The predicted molar refractivity (Wildman–Crippen MR) is 245 cm³/mol. The molecule has 1 aliphatic rings. The fourth-order valence-corrected chi connectivity index (χ4v) is 11.0. The Morgan fingerprint density at radius 1 is 0.458 bits per heavy atom. The Morgan fingerprint density at radius 3 is 1.71 bits per heavy atom. The van der Waals surface area contributed by atoms with Gasteiger partial charge in [0.05, 0.1) is 30.2 Å². The second-order valence-corrected chi connectivity index (χ2v) is 21.9. The first-order valence-corrected chi connectivity index (χ1v) is 23.7. The summed E-state index contributed by atoms with van der Waals surface area (Å²) in [6.07, 6.45) is 0. The van der Waals surface area contributed by atoms with Crippen LogP contribution in [0, 0.1) is 11.6 Å². The molecular weight excluding hydrogens is 743 g/mol. The van der Waals surface area contributed by atoms with Crippen molar-refractivity contribution in [1.29, 1.82) is 0 Å². The molecule has 0 amide bonds. The summed E-state index contributed by atoms with van der Waals surface area (Å²) in [7, 11) is -1.73. The van der Waals surface area contributed by atoms with E-state index in [1.165, 1.54) is 61.1 Å². The average molecular weight is 783 g/mol. The summed E-state index contributed by atoms with van der Waals surface area (Å²) in [6, 6.07) is 65.4. The van der Waals surface area contributed by atoms with Crippen LogP contribution < -0.4 is 10.1 Å². The number of aromatic nitrogens is 1. The summed E-state index contributed by atoms with van der Waals surface area (Å²) >= 11 is 0. The molecule has 10 aromatic rings. The van der Waals surface area contributed by atoms with Crippen LogP contribution in [0.25, 0.3) is 49.0 Å². The van der Waals surface area contributed by atoms with E-state index in [-0.39, 0.29) is 0 Å². The van der Waals surface area contributed by atoms with Crippen molar-refractivity contribution in [2.24, 2.45) is 0 Å². The van der Waals surface area contributed by atoms with Gasteiger partial charge in [-0.05, 0) is 104 Å². The highest BCUT2D eigenvalue weighted by atomic mass is 28.3.